The van der Waals surface area contributed by atoms with Crippen LogP contribution in [0.5, 0.6) is 5.75 Å². The molecule has 130 valence electrons. The van der Waals surface area contributed by atoms with Crippen molar-refractivity contribution < 1.29 is 18.3 Å². The molecule has 2 N–H and O–H groups in total. The molecule has 2 heterocycles. The van der Waals surface area contributed by atoms with E-state index < -0.39 is 5.57 Å². The second kappa shape index (κ2) is 7.24. The lowest BCUT2D eigenvalue weighted by atomic mass is 10.3. The predicted octanol–water partition coefficient (Wildman–Crippen LogP) is 3.86. The molecule has 3 aromatic rings. The molecule has 25 heavy (non-hydrogen) atoms. The lowest BCUT2D eigenvalue weighted by Gasteiger charge is -2.11. The summed E-state index contributed by atoms with van der Waals surface area (Å²) in [6.45, 7) is 0. The molecule has 0 aliphatic heterocycles. The minimum absolute atomic E-state index is 0.109. The highest BCUT2D eigenvalue weighted by Crippen LogP contribution is 2.26. The highest BCUT2D eigenvalue weighted by Gasteiger charge is 2.27. The Balaban J connectivity index is 1.53. The van der Waals surface area contributed by atoms with Crippen LogP contribution in [0.3, 0.4) is 0 Å². The van der Waals surface area contributed by atoms with Crippen LogP contribution in [0.4, 0.5) is 14.5 Å². The minimum atomic E-state index is -3.77. The van der Waals surface area contributed by atoms with Crippen LogP contribution in [0.1, 0.15) is 0 Å². The highest BCUT2D eigenvalue weighted by atomic mass is 35.5. The molecule has 0 aliphatic carbocycles. The molecule has 0 bridgehead atoms. The van der Waals surface area contributed by atoms with Crippen LogP contribution in [0.25, 0.3) is 11.2 Å². The average Bonchev–Trinajstić information content (AvgIpc) is 2.96. The van der Waals surface area contributed by atoms with Crippen molar-refractivity contribution in [2.24, 2.45) is 0 Å². The number of anilines is 1. The maximum Gasteiger partial charge on any atom is 0.487 e. The smallest absolute Gasteiger partial charge is 0.420 e. The first kappa shape index (κ1) is 17.4. The van der Waals surface area contributed by atoms with E-state index in [-0.39, 0.29) is 17.4 Å². The number of hydrogen-bond acceptors (Lipinski definition) is 5. The average molecular weight is 385 g/mol. The normalized spacial score (nSPS) is 11.5. The predicted molar refractivity (Wildman–Crippen MR) is 91.1 cm³/mol. The lowest BCUT2D eigenvalue weighted by molar-refractivity contribution is -0.113. The van der Waals surface area contributed by atoms with Gasteiger partial charge >= 0.3 is 5.57 Å². The van der Waals surface area contributed by atoms with E-state index in [1.54, 1.807) is 12.3 Å². The van der Waals surface area contributed by atoms with E-state index >= 15 is 0 Å². The van der Waals surface area contributed by atoms with Gasteiger partial charge in [-0.15, -0.1) is 8.78 Å². The summed E-state index contributed by atoms with van der Waals surface area (Å²) in [6.07, 6.45) is 1.64. The van der Waals surface area contributed by atoms with E-state index in [0.29, 0.717) is 16.5 Å². The van der Waals surface area contributed by atoms with Gasteiger partial charge in [0.15, 0.2) is 10.8 Å². The number of ether oxygens (including phenoxy) is 1. The Bertz CT molecular complexity index is 850. The number of pyridine rings is 1. The van der Waals surface area contributed by atoms with Gasteiger partial charge in [0.2, 0.25) is 5.91 Å². The molecule has 0 unspecified atom stereocenters. The molecular formula is C15H11ClF2N4O2S. The molecular weight excluding hydrogens is 374 g/mol. The second-order valence-electron chi connectivity index (χ2n) is 4.83. The first-order valence-electron chi connectivity index (χ1n) is 6.98. The monoisotopic (exact) mass is 384 g/mol. The standard InChI is InChI=1S/C15H11ClF2N4O2S/c16-15(17,18)24-10-5-3-9(4-6-10)20-12(23)8-25-14-21-11-2-1-7-19-13(11)22-14/h1-7H,8H2,(H,20,23)(H,19,21,22). The number of alkyl halides is 3. The van der Waals surface area contributed by atoms with Gasteiger partial charge in [-0.05, 0) is 36.4 Å². The van der Waals surface area contributed by atoms with Crippen LogP contribution in [-0.4, -0.2) is 32.2 Å². The summed E-state index contributed by atoms with van der Waals surface area (Å²) in [5.74, 6) is -0.255. The van der Waals surface area contributed by atoms with Gasteiger partial charge in [-0.1, -0.05) is 11.8 Å². The van der Waals surface area contributed by atoms with Crippen LogP contribution >= 0.6 is 23.4 Å². The number of imidazole rings is 1. The van der Waals surface area contributed by atoms with Gasteiger partial charge in [-0.25, -0.2) is 9.97 Å². The van der Waals surface area contributed by atoms with Crippen molar-refractivity contribution in [2.75, 3.05) is 11.1 Å². The minimum Gasteiger partial charge on any atom is -0.420 e. The summed E-state index contributed by atoms with van der Waals surface area (Å²) in [7, 11) is 0. The fraction of sp³-hybridized carbons (Fsp3) is 0.133. The number of fused-ring (bicyclic) bond motifs is 1. The number of rotatable bonds is 6. The van der Waals surface area contributed by atoms with Gasteiger partial charge in [-0.3, -0.25) is 4.79 Å². The molecule has 0 radical (unpaired) electrons. The summed E-state index contributed by atoms with van der Waals surface area (Å²) in [5, 5.41) is 3.22. The molecule has 1 amide bonds. The van der Waals surface area contributed by atoms with Gasteiger partial charge in [0.25, 0.3) is 0 Å². The Hall–Kier alpha value is -2.39. The van der Waals surface area contributed by atoms with Gasteiger partial charge in [0.1, 0.15) is 5.75 Å². The van der Waals surface area contributed by atoms with Crippen LogP contribution in [-0.2, 0) is 4.79 Å². The first-order chi connectivity index (χ1) is 11.9. The van der Waals surface area contributed by atoms with E-state index in [2.05, 4.69) is 36.6 Å². The maximum absolute atomic E-state index is 12.5. The van der Waals surface area contributed by atoms with Crippen LogP contribution in [0, 0.1) is 0 Å². The third-order valence-electron chi connectivity index (χ3n) is 2.95. The van der Waals surface area contributed by atoms with Crippen LogP contribution in [0.2, 0.25) is 0 Å². The Morgan fingerprint density at radius 2 is 2.08 bits per heavy atom. The molecule has 0 spiro atoms. The Kier molecular flexibility index (Phi) is 5.05. The van der Waals surface area contributed by atoms with Crippen molar-refractivity contribution >= 4 is 46.1 Å². The number of hydrogen-bond donors (Lipinski definition) is 2. The second-order valence-corrected chi connectivity index (χ2v) is 6.23. The Morgan fingerprint density at radius 3 is 2.76 bits per heavy atom. The van der Waals surface area contributed by atoms with Crippen molar-refractivity contribution in [3.05, 3.63) is 42.6 Å². The number of nitrogens with zero attached hydrogens (tertiary/aromatic N) is 2. The third-order valence-corrected chi connectivity index (χ3v) is 3.90. The highest BCUT2D eigenvalue weighted by molar-refractivity contribution is 7.99. The summed E-state index contributed by atoms with van der Waals surface area (Å²) in [5.41, 5.74) is -1.96. The number of benzene rings is 1. The summed E-state index contributed by atoms with van der Waals surface area (Å²) < 4.78 is 29.2. The maximum atomic E-state index is 12.5. The zero-order valence-electron chi connectivity index (χ0n) is 12.5. The number of thioether (sulfide) groups is 1. The van der Waals surface area contributed by atoms with Gasteiger partial charge in [0, 0.05) is 23.5 Å². The van der Waals surface area contributed by atoms with Crippen molar-refractivity contribution in [3.63, 3.8) is 0 Å². The SMILES string of the molecule is O=C(CSc1nc2ncccc2[nH]1)Nc1ccc(OC(F)(F)Cl)cc1. The number of carbonyl (C=O) groups excluding carboxylic acids is 1. The number of aromatic amines is 1. The number of H-pyrrole nitrogens is 1. The molecule has 0 saturated carbocycles. The summed E-state index contributed by atoms with van der Waals surface area (Å²) >= 11 is 5.90. The van der Waals surface area contributed by atoms with Crippen LogP contribution < -0.4 is 10.1 Å². The zero-order chi connectivity index (χ0) is 17.9. The zero-order valence-corrected chi connectivity index (χ0v) is 14.1. The van der Waals surface area contributed by atoms with E-state index in [4.69, 9.17) is 0 Å². The Morgan fingerprint density at radius 1 is 1.32 bits per heavy atom. The summed E-state index contributed by atoms with van der Waals surface area (Å²) in [4.78, 5) is 23.4. The van der Waals surface area contributed by atoms with Gasteiger partial charge in [0.05, 0.1) is 11.3 Å². The first-order valence-corrected chi connectivity index (χ1v) is 8.34. The lowest BCUT2D eigenvalue weighted by Crippen LogP contribution is -2.16. The molecule has 0 atom stereocenters. The Labute approximate surface area is 149 Å². The van der Waals surface area contributed by atoms with Gasteiger partial charge in [-0.2, -0.15) is 0 Å². The molecule has 10 heteroatoms. The molecule has 0 fully saturated rings. The number of carbonyl (C=O) groups is 1. The van der Waals surface area contributed by atoms with Crippen LogP contribution in [0.15, 0.2) is 47.8 Å². The van der Waals surface area contributed by atoms with E-state index in [0.717, 1.165) is 5.52 Å². The number of halogens is 3. The fourth-order valence-electron chi connectivity index (χ4n) is 1.96. The molecule has 0 aliphatic rings. The van der Waals surface area contributed by atoms with E-state index in [9.17, 15) is 13.6 Å². The van der Waals surface area contributed by atoms with E-state index in [1.807, 2.05) is 6.07 Å². The molecule has 6 nitrogen and oxygen atoms in total. The third kappa shape index (κ3) is 5.04. The molecule has 3 rings (SSSR count). The van der Waals surface area contributed by atoms with Crippen molar-refractivity contribution in [1.82, 2.24) is 15.0 Å². The van der Waals surface area contributed by atoms with Crippen molar-refractivity contribution in [2.45, 2.75) is 10.7 Å². The van der Waals surface area contributed by atoms with Gasteiger partial charge < -0.3 is 15.0 Å². The summed E-state index contributed by atoms with van der Waals surface area (Å²) in [6, 6.07) is 9.06. The van der Waals surface area contributed by atoms with Crippen molar-refractivity contribution in [3.8, 4) is 5.75 Å². The fourth-order valence-corrected chi connectivity index (χ4v) is 2.72. The molecule has 1 aromatic carbocycles. The topological polar surface area (TPSA) is 79.9 Å². The largest absolute Gasteiger partial charge is 0.487 e. The molecule has 2 aromatic heterocycles. The molecule has 0 saturated heterocycles. The number of nitrogens with one attached hydrogen (secondary N) is 2. The number of amides is 1. The van der Waals surface area contributed by atoms with Crippen molar-refractivity contribution in [1.29, 1.82) is 0 Å². The quantitative estimate of drug-likeness (QED) is 0.498. The van der Waals surface area contributed by atoms with E-state index in [1.165, 1.54) is 36.0 Å². The number of aromatic nitrogens is 3.